The maximum atomic E-state index is 12.7. The van der Waals surface area contributed by atoms with Crippen LogP contribution < -0.4 is 10.8 Å². The number of rotatable bonds is 3. The monoisotopic (exact) mass is 238 g/mol. The Bertz CT molecular complexity index is 375. The van der Waals surface area contributed by atoms with Crippen LogP contribution in [0.15, 0.2) is 24.3 Å². The molecule has 1 aliphatic heterocycles. The van der Waals surface area contributed by atoms with E-state index in [-0.39, 0.29) is 17.8 Å². The third-order valence-corrected chi connectivity index (χ3v) is 2.68. The summed E-state index contributed by atoms with van der Waals surface area (Å²) in [7, 11) is 0. The minimum Gasteiger partial charge on any atom is -0.314 e. The van der Waals surface area contributed by atoms with Gasteiger partial charge in [-0.05, 0) is 43.7 Å². The van der Waals surface area contributed by atoms with Gasteiger partial charge in [-0.15, -0.1) is 0 Å². The lowest BCUT2D eigenvalue weighted by atomic mass is 10.1. The molecule has 0 saturated carbocycles. The maximum Gasteiger partial charge on any atom is 0.274 e. The van der Waals surface area contributed by atoms with Crippen molar-refractivity contribution in [2.75, 3.05) is 13.1 Å². The molecule has 1 heterocycles. The number of carbonyl (C=O) groups excluding carboxylic acids is 1. The summed E-state index contributed by atoms with van der Waals surface area (Å²) >= 11 is 0. The first kappa shape index (κ1) is 12.0. The van der Waals surface area contributed by atoms with E-state index in [0.29, 0.717) is 5.56 Å². The summed E-state index contributed by atoms with van der Waals surface area (Å²) in [6, 6.07) is 5.34. The molecule has 1 unspecified atom stereocenters. The van der Waals surface area contributed by atoms with Crippen LogP contribution in [0.1, 0.15) is 23.2 Å². The zero-order valence-electron chi connectivity index (χ0n) is 9.41. The largest absolute Gasteiger partial charge is 0.314 e. The van der Waals surface area contributed by atoms with Crippen molar-refractivity contribution < 1.29 is 14.0 Å². The molecule has 1 amide bonds. The Hall–Kier alpha value is -1.46. The van der Waals surface area contributed by atoms with Gasteiger partial charge in [0.05, 0.1) is 6.10 Å². The van der Waals surface area contributed by atoms with Gasteiger partial charge in [-0.3, -0.25) is 9.63 Å². The number of hydroxylamine groups is 1. The number of hydrogen-bond acceptors (Lipinski definition) is 3. The van der Waals surface area contributed by atoms with Crippen LogP contribution in [0, 0.1) is 5.82 Å². The van der Waals surface area contributed by atoms with E-state index in [1.165, 1.54) is 24.3 Å². The lowest BCUT2D eigenvalue weighted by Gasteiger charge is -2.22. The standard InChI is InChI=1S/C12H15FN2O2/c13-10-5-3-9(4-6-10)12(16)15-17-11-2-1-7-14-8-11/h3-6,11,14H,1-2,7-8H2,(H,15,16). The molecule has 2 N–H and O–H groups in total. The Morgan fingerprint density at radius 1 is 1.41 bits per heavy atom. The molecular formula is C12H15FN2O2. The number of benzene rings is 1. The summed E-state index contributed by atoms with van der Waals surface area (Å²) < 4.78 is 12.7. The second kappa shape index (κ2) is 5.75. The second-order valence-corrected chi connectivity index (χ2v) is 4.02. The summed E-state index contributed by atoms with van der Waals surface area (Å²) in [5.41, 5.74) is 2.77. The summed E-state index contributed by atoms with van der Waals surface area (Å²) in [6.07, 6.45) is 1.97. The Morgan fingerprint density at radius 2 is 2.18 bits per heavy atom. The first-order valence-corrected chi connectivity index (χ1v) is 5.68. The molecule has 92 valence electrons. The Labute approximate surface area is 99.1 Å². The van der Waals surface area contributed by atoms with Gasteiger partial charge in [0.2, 0.25) is 0 Å². The number of nitrogens with one attached hydrogen (secondary N) is 2. The van der Waals surface area contributed by atoms with E-state index in [1.54, 1.807) is 0 Å². The van der Waals surface area contributed by atoms with Gasteiger partial charge in [0.25, 0.3) is 5.91 Å². The summed E-state index contributed by atoms with van der Waals surface area (Å²) in [4.78, 5) is 16.9. The van der Waals surface area contributed by atoms with Crippen LogP contribution >= 0.6 is 0 Å². The quantitative estimate of drug-likeness (QED) is 0.779. The van der Waals surface area contributed by atoms with Crippen molar-refractivity contribution in [2.45, 2.75) is 18.9 Å². The highest BCUT2D eigenvalue weighted by Crippen LogP contribution is 2.06. The number of carbonyl (C=O) groups is 1. The van der Waals surface area contributed by atoms with Crippen LogP contribution in [-0.2, 0) is 4.84 Å². The van der Waals surface area contributed by atoms with Crippen molar-refractivity contribution in [3.05, 3.63) is 35.6 Å². The minimum absolute atomic E-state index is 0.00754. The molecule has 1 fully saturated rings. The fourth-order valence-electron chi connectivity index (χ4n) is 1.72. The molecule has 0 bridgehead atoms. The maximum absolute atomic E-state index is 12.7. The Kier molecular flexibility index (Phi) is 4.06. The fourth-order valence-corrected chi connectivity index (χ4v) is 1.72. The van der Waals surface area contributed by atoms with E-state index in [0.717, 1.165) is 25.9 Å². The molecule has 17 heavy (non-hydrogen) atoms. The molecule has 5 heteroatoms. The molecular weight excluding hydrogens is 223 g/mol. The molecule has 4 nitrogen and oxygen atoms in total. The van der Waals surface area contributed by atoms with Gasteiger partial charge in [0.1, 0.15) is 5.82 Å². The molecule has 0 aromatic heterocycles. The van der Waals surface area contributed by atoms with E-state index in [9.17, 15) is 9.18 Å². The van der Waals surface area contributed by atoms with E-state index in [4.69, 9.17) is 4.84 Å². The molecule has 1 atom stereocenters. The highest BCUT2D eigenvalue weighted by Gasteiger charge is 2.15. The van der Waals surface area contributed by atoms with Gasteiger partial charge in [-0.2, -0.15) is 0 Å². The second-order valence-electron chi connectivity index (χ2n) is 4.02. The minimum atomic E-state index is -0.362. The van der Waals surface area contributed by atoms with Crippen LogP contribution in [-0.4, -0.2) is 25.1 Å². The number of piperidine rings is 1. The van der Waals surface area contributed by atoms with Gasteiger partial charge >= 0.3 is 0 Å². The van der Waals surface area contributed by atoms with E-state index >= 15 is 0 Å². The molecule has 1 saturated heterocycles. The first-order chi connectivity index (χ1) is 8.25. The van der Waals surface area contributed by atoms with E-state index < -0.39 is 0 Å². The summed E-state index contributed by atoms with van der Waals surface area (Å²) in [6.45, 7) is 1.73. The van der Waals surface area contributed by atoms with Crippen molar-refractivity contribution in [1.82, 2.24) is 10.8 Å². The van der Waals surface area contributed by atoms with Gasteiger partial charge in [0.15, 0.2) is 0 Å². The van der Waals surface area contributed by atoms with Crippen LogP contribution in [0.5, 0.6) is 0 Å². The van der Waals surface area contributed by atoms with E-state index in [1.807, 2.05) is 0 Å². The normalized spacial score (nSPS) is 19.9. The highest BCUT2D eigenvalue weighted by atomic mass is 19.1. The van der Waals surface area contributed by atoms with Gasteiger partial charge in [-0.25, -0.2) is 9.87 Å². The molecule has 1 aromatic rings. The fraction of sp³-hybridized carbons (Fsp3) is 0.417. The number of amides is 1. The molecule has 0 radical (unpaired) electrons. The van der Waals surface area contributed by atoms with Gasteiger partial charge < -0.3 is 5.32 Å². The van der Waals surface area contributed by atoms with Crippen LogP contribution in [0.3, 0.4) is 0 Å². The molecule has 1 aliphatic rings. The third-order valence-electron chi connectivity index (χ3n) is 2.68. The van der Waals surface area contributed by atoms with Crippen molar-refractivity contribution in [2.24, 2.45) is 0 Å². The summed E-state index contributed by atoms with van der Waals surface area (Å²) in [5, 5.41) is 3.18. The SMILES string of the molecule is O=C(NOC1CCCNC1)c1ccc(F)cc1. The molecule has 2 rings (SSSR count). The van der Waals surface area contributed by atoms with Crippen LogP contribution in [0.25, 0.3) is 0 Å². The lowest BCUT2D eigenvalue weighted by molar-refractivity contribution is -0.0251. The zero-order chi connectivity index (χ0) is 12.1. The average molecular weight is 238 g/mol. The predicted octanol–water partition coefficient (Wildman–Crippen LogP) is 1.24. The molecule has 1 aromatic carbocycles. The first-order valence-electron chi connectivity index (χ1n) is 5.68. The smallest absolute Gasteiger partial charge is 0.274 e. The van der Waals surface area contributed by atoms with Crippen molar-refractivity contribution in [1.29, 1.82) is 0 Å². The van der Waals surface area contributed by atoms with Crippen molar-refractivity contribution in [3.63, 3.8) is 0 Å². The Morgan fingerprint density at radius 3 is 2.82 bits per heavy atom. The predicted molar refractivity (Wildman–Crippen MR) is 60.8 cm³/mol. The van der Waals surface area contributed by atoms with Gasteiger partial charge in [-0.1, -0.05) is 0 Å². The average Bonchev–Trinajstić information content (AvgIpc) is 2.38. The molecule has 0 spiro atoms. The molecule has 0 aliphatic carbocycles. The van der Waals surface area contributed by atoms with E-state index in [2.05, 4.69) is 10.8 Å². The van der Waals surface area contributed by atoms with Gasteiger partial charge in [0, 0.05) is 12.1 Å². The highest BCUT2D eigenvalue weighted by molar-refractivity contribution is 5.93. The summed E-state index contributed by atoms with van der Waals surface area (Å²) in [5.74, 6) is -0.713. The lowest BCUT2D eigenvalue weighted by Crippen LogP contribution is -2.40. The topological polar surface area (TPSA) is 50.4 Å². The number of halogens is 1. The number of hydrogen-bond donors (Lipinski definition) is 2. The van der Waals surface area contributed by atoms with Crippen LogP contribution in [0.2, 0.25) is 0 Å². The third kappa shape index (κ3) is 3.51. The van der Waals surface area contributed by atoms with Crippen molar-refractivity contribution >= 4 is 5.91 Å². The van der Waals surface area contributed by atoms with Crippen LogP contribution in [0.4, 0.5) is 4.39 Å². The zero-order valence-corrected chi connectivity index (χ0v) is 9.41. The Balaban J connectivity index is 1.82. The van der Waals surface area contributed by atoms with Crippen molar-refractivity contribution in [3.8, 4) is 0 Å².